The molecule has 0 bridgehead atoms. The third-order valence-corrected chi connectivity index (χ3v) is 2.85. The number of benzene rings is 1. The quantitative estimate of drug-likeness (QED) is 0.680. The van der Waals surface area contributed by atoms with Gasteiger partial charge in [-0.3, -0.25) is 0 Å². The summed E-state index contributed by atoms with van der Waals surface area (Å²) in [6.45, 7) is 4.01. The Kier molecular flexibility index (Phi) is 3.60. The van der Waals surface area contributed by atoms with Crippen molar-refractivity contribution in [3.05, 3.63) is 45.8 Å². The molecule has 4 heteroatoms. The lowest BCUT2D eigenvalue weighted by atomic mass is 10.1. The second kappa shape index (κ2) is 5.18. The highest BCUT2D eigenvalue weighted by atomic mass is 16.5. The van der Waals surface area contributed by atoms with E-state index in [4.69, 9.17) is 9.15 Å². The average Bonchev–Trinajstić information content (AvgIpc) is 2.37. The summed E-state index contributed by atoms with van der Waals surface area (Å²) >= 11 is 0. The first-order chi connectivity index (χ1) is 9.02. The van der Waals surface area contributed by atoms with Gasteiger partial charge in [-0.2, -0.15) is 0 Å². The monoisotopic (exact) mass is 260 g/mol. The molecule has 0 unspecified atom stereocenters. The molecule has 0 amide bonds. The molecule has 0 saturated heterocycles. The van der Waals surface area contributed by atoms with Crippen molar-refractivity contribution in [2.45, 2.75) is 20.3 Å². The molecule has 0 fully saturated rings. The molecule has 100 valence electrons. The van der Waals surface area contributed by atoms with E-state index >= 15 is 0 Å². The Morgan fingerprint density at radius 1 is 1.42 bits per heavy atom. The summed E-state index contributed by atoms with van der Waals surface area (Å²) in [4.78, 5) is 11.2. The van der Waals surface area contributed by atoms with Gasteiger partial charge in [-0.1, -0.05) is 11.6 Å². The third-order valence-electron chi connectivity index (χ3n) is 2.85. The molecule has 0 spiro atoms. The second-order valence-electron chi connectivity index (χ2n) is 4.58. The lowest BCUT2D eigenvalue weighted by Gasteiger charge is -2.11. The highest BCUT2D eigenvalue weighted by molar-refractivity contribution is 5.86. The van der Waals surface area contributed by atoms with E-state index in [0.29, 0.717) is 17.6 Å². The lowest BCUT2D eigenvalue weighted by molar-refractivity contribution is 0.367. The molecule has 0 aliphatic carbocycles. The van der Waals surface area contributed by atoms with Gasteiger partial charge in [0, 0.05) is 17.0 Å². The number of hydrogen-bond donors (Lipinski definition) is 1. The molecular formula is C15H16O4. The first-order valence-electron chi connectivity index (χ1n) is 5.99. The van der Waals surface area contributed by atoms with Crippen molar-refractivity contribution in [1.29, 1.82) is 0 Å². The Morgan fingerprint density at radius 3 is 2.79 bits per heavy atom. The molecular weight excluding hydrogens is 244 g/mol. The molecule has 4 nitrogen and oxygen atoms in total. The molecule has 1 aromatic heterocycles. The minimum Gasteiger partial charge on any atom is -0.502 e. The molecule has 0 atom stereocenters. The summed E-state index contributed by atoms with van der Waals surface area (Å²) in [5.41, 5.74) is 1.69. The molecule has 0 saturated carbocycles. The summed E-state index contributed by atoms with van der Waals surface area (Å²) < 4.78 is 10.2. The smallest absolute Gasteiger partial charge is 0.336 e. The number of phenolic OH excluding ortho intramolecular Hbond substituents is 1. The highest BCUT2D eigenvalue weighted by Crippen LogP contribution is 2.37. The van der Waals surface area contributed by atoms with Crippen molar-refractivity contribution in [3.63, 3.8) is 0 Å². The largest absolute Gasteiger partial charge is 0.502 e. The molecule has 1 N–H and O–H groups in total. The van der Waals surface area contributed by atoms with Crippen LogP contribution in [0.3, 0.4) is 0 Å². The zero-order valence-corrected chi connectivity index (χ0v) is 11.2. The summed E-state index contributed by atoms with van der Waals surface area (Å²) in [5, 5.41) is 10.8. The first kappa shape index (κ1) is 13.2. The Bertz CT molecular complexity index is 691. The van der Waals surface area contributed by atoms with E-state index in [1.807, 2.05) is 26.0 Å². The van der Waals surface area contributed by atoms with Crippen LogP contribution in [0.1, 0.15) is 19.4 Å². The van der Waals surface area contributed by atoms with Crippen molar-refractivity contribution < 1.29 is 14.3 Å². The first-order valence-corrected chi connectivity index (χ1v) is 5.99. The van der Waals surface area contributed by atoms with Crippen molar-refractivity contribution in [2.24, 2.45) is 0 Å². The summed E-state index contributed by atoms with van der Waals surface area (Å²) in [6.07, 6.45) is 2.69. The minimum absolute atomic E-state index is 0.130. The number of rotatable bonds is 3. The van der Waals surface area contributed by atoms with Gasteiger partial charge >= 0.3 is 5.63 Å². The Labute approximate surface area is 110 Å². The zero-order valence-electron chi connectivity index (χ0n) is 11.2. The van der Waals surface area contributed by atoms with Crippen molar-refractivity contribution in [3.8, 4) is 11.5 Å². The molecule has 0 radical (unpaired) electrons. The van der Waals surface area contributed by atoms with Gasteiger partial charge in [-0.15, -0.1) is 0 Å². The van der Waals surface area contributed by atoms with E-state index in [1.165, 1.54) is 18.7 Å². The standard InChI is InChI=1S/C15H16O4/c1-9(2)4-5-10-8-11-6-7-12(16)19-15(11)13(17)14(10)18-3/h4,6-8,17H,5H2,1-3H3. The Morgan fingerprint density at radius 2 is 2.16 bits per heavy atom. The van der Waals surface area contributed by atoms with Crippen LogP contribution < -0.4 is 10.4 Å². The van der Waals surface area contributed by atoms with Gasteiger partial charge < -0.3 is 14.3 Å². The molecule has 1 heterocycles. The molecule has 1 aromatic carbocycles. The number of hydrogen-bond acceptors (Lipinski definition) is 4. The zero-order chi connectivity index (χ0) is 14.0. The molecule has 0 aliphatic rings. The van der Waals surface area contributed by atoms with Crippen LogP contribution in [0.4, 0.5) is 0 Å². The van der Waals surface area contributed by atoms with Gasteiger partial charge in [0.25, 0.3) is 0 Å². The van der Waals surface area contributed by atoms with Crippen LogP contribution in [0.25, 0.3) is 11.0 Å². The summed E-state index contributed by atoms with van der Waals surface area (Å²) in [5.74, 6) is 0.217. The van der Waals surface area contributed by atoms with Gasteiger partial charge in [0.2, 0.25) is 5.75 Å². The topological polar surface area (TPSA) is 59.7 Å². The summed E-state index contributed by atoms with van der Waals surface area (Å²) in [6, 6.07) is 4.82. The SMILES string of the molecule is COc1c(CC=C(C)C)cc2ccc(=O)oc2c1O. The van der Waals surface area contributed by atoms with Crippen LogP contribution in [0.15, 0.2) is 39.1 Å². The maximum Gasteiger partial charge on any atom is 0.336 e. The maximum absolute atomic E-state index is 11.2. The van der Waals surface area contributed by atoms with Gasteiger partial charge in [0.15, 0.2) is 11.3 Å². The van der Waals surface area contributed by atoms with Crippen LogP contribution in [-0.2, 0) is 6.42 Å². The van der Waals surface area contributed by atoms with Crippen LogP contribution in [-0.4, -0.2) is 12.2 Å². The minimum atomic E-state index is -0.498. The van der Waals surface area contributed by atoms with Gasteiger partial charge in [-0.25, -0.2) is 4.79 Å². The maximum atomic E-state index is 11.2. The van der Waals surface area contributed by atoms with Crippen LogP contribution in [0.5, 0.6) is 11.5 Å². The van der Waals surface area contributed by atoms with E-state index in [9.17, 15) is 9.90 Å². The van der Waals surface area contributed by atoms with Crippen LogP contribution in [0.2, 0.25) is 0 Å². The highest BCUT2D eigenvalue weighted by Gasteiger charge is 2.15. The number of phenols is 1. The molecule has 2 aromatic rings. The molecule has 2 rings (SSSR count). The number of allylic oxidation sites excluding steroid dienone is 2. The Balaban J connectivity index is 2.67. The fraction of sp³-hybridized carbons (Fsp3) is 0.267. The normalized spacial score (nSPS) is 10.5. The van der Waals surface area contributed by atoms with E-state index in [2.05, 4.69) is 0 Å². The number of aromatic hydroxyl groups is 1. The predicted octanol–water partition coefficient (Wildman–Crippen LogP) is 3.02. The lowest BCUT2D eigenvalue weighted by Crippen LogP contribution is -1.98. The van der Waals surface area contributed by atoms with Gasteiger partial charge in [-0.05, 0) is 32.4 Å². The van der Waals surface area contributed by atoms with E-state index in [-0.39, 0.29) is 11.3 Å². The fourth-order valence-electron chi connectivity index (χ4n) is 1.93. The van der Waals surface area contributed by atoms with E-state index in [1.54, 1.807) is 6.07 Å². The van der Waals surface area contributed by atoms with E-state index in [0.717, 1.165) is 5.56 Å². The van der Waals surface area contributed by atoms with Crippen molar-refractivity contribution >= 4 is 11.0 Å². The Hall–Kier alpha value is -2.23. The number of fused-ring (bicyclic) bond motifs is 1. The predicted molar refractivity (Wildman–Crippen MR) is 73.8 cm³/mol. The second-order valence-corrected chi connectivity index (χ2v) is 4.58. The third kappa shape index (κ3) is 2.62. The average molecular weight is 260 g/mol. The molecule has 0 aliphatic heterocycles. The van der Waals surface area contributed by atoms with Crippen molar-refractivity contribution in [2.75, 3.05) is 7.11 Å². The fourth-order valence-corrected chi connectivity index (χ4v) is 1.93. The van der Waals surface area contributed by atoms with Crippen LogP contribution >= 0.6 is 0 Å². The number of methoxy groups -OCH3 is 1. The number of ether oxygens (including phenoxy) is 1. The molecule has 19 heavy (non-hydrogen) atoms. The summed E-state index contributed by atoms with van der Waals surface area (Å²) in [7, 11) is 1.48. The van der Waals surface area contributed by atoms with Gasteiger partial charge in [0.05, 0.1) is 7.11 Å². The van der Waals surface area contributed by atoms with E-state index < -0.39 is 5.63 Å². The van der Waals surface area contributed by atoms with Crippen molar-refractivity contribution in [1.82, 2.24) is 0 Å². The van der Waals surface area contributed by atoms with Crippen LogP contribution in [0, 0.1) is 0 Å². The van der Waals surface area contributed by atoms with Gasteiger partial charge in [0.1, 0.15) is 0 Å².